The number of carbonyl (C=O) groups is 1. The van der Waals surface area contributed by atoms with Crippen LogP contribution in [0.2, 0.25) is 0 Å². The molecule has 1 aliphatic heterocycles. The minimum absolute atomic E-state index is 0.0405. The summed E-state index contributed by atoms with van der Waals surface area (Å²) in [7, 11) is -3.92. The Morgan fingerprint density at radius 1 is 1.45 bits per heavy atom. The number of benzene rings is 1. The first-order chi connectivity index (χ1) is 9.23. The summed E-state index contributed by atoms with van der Waals surface area (Å²) in [5, 5.41) is 18.3. The third kappa shape index (κ3) is 2.54. The zero-order valence-electron chi connectivity index (χ0n) is 10.7. The summed E-state index contributed by atoms with van der Waals surface area (Å²) in [6.07, 6.45) is -0.407. The Hall–Kier alpha value is -1.51. The van der Waals surface area contributed by atoms with Crippen molar-refractivity contribution in [2.75, 3.05) is 13.1 Å². The molecule has 1 fully saturated rings. The number of hydrogen-bond acceptors (Lipinski definition) is 4. The maximum atomic E-state index is 13.6. The van der Waals surface area contributed by atoms with Crippen molar-refractivity contribution in [3.8, 4) is 0 Å². The molecule has 1 aromatic rings. The van der Waals surface area contributed by atoms with Crippen LogP contribution in [-0.4, -0.2) is 48.1 Å². The molecule has 0 amide bonds. The Bertz CT molecular complexity index is 658. The lowest BCUT2D eigenvalue weighted by Gasteiger charge is -2.16. The molecule has 1 saturated heterocycles. The maximum Gasteiger partial charge on any atom is 0.338 e. The topological polar surface area (TPSA) is 94.9 Å². The highest BCUT2D eigenvalue weighted by molar-refractivity contribution is 7.89. The molecule has 1 heterocycles. The highest BCUT2D eigenvalue weighted by Gasteiger charge is 2.32. The molecule has 2 rings (SSSR count). The molecule has 0 unspecified atom stereocenters. The first-order valence-corrected chi connectivity index (χ1v) is 7.39. The van der Waals surface area contributed by atoms with Crippen molar-refractivity contribution in [1.29, 1.82) is 0 Å². The minimum atomic E-state index is -3.92. The molecule has 0 aromatic heterocycles. The zero-order chi connectivity index (χ0) is 15.1. The lowest BCUT2D eigenvalue weighted by Crippen LogP contribution is -2.30. The quantitative estimate of drug-likeness (QED) is 0.852. The van der Waals surface area contributed by atoms with Crippen LogP contribution in [0.15, 0.2) is 17.0 Å². The van der Waals surface area contributed by atoms with Crippen LogP contribution in [0, 0.1) is 12.7 Å². The van der Waals surface area contributed by atoms with Gasteiger partial charge in [-0.1, -0.05) is 0 Å². The number of aliphatic hydroxyl groups is 1. The number of hydrogen-bond donors (Lipinski definition) is 2. The molecule has 0 spiro atoms. The van der Waals surface area contributed by atoms with Gasteiger partial charge in [0, 0.05) is 13.1 Å². The van der Waals surface area contributed by atoms with Gasteiger partial charge < -0.3 is 10.2 Å². The van der Waals surface area contributed by atoms with Crippen LogP contribution in [-0.2, 0) is 10.0 Å². The van der Waals surface area contributed by atoms with E-state index in [2.05, 4.69) is 0 Å². The summed E-state index contributed by atoms with van der Waals surface area (Å²) in [6.45, 7) is 1.42. The van der Waals surface area contributed by atoms with Crippen LogP contribution in [0.25, 0.3) is 0 Å². The van der Waals surface area contributed by atoms with Gasteiger partial charge in [-0.2, -0.15) is 4.31 Å². The Morgan fingerprint density at radius 3 is 2.60 bits per heavy atom. The Labute approximate surface area is 115 Å². The molecule has 0 aliphatic carbocycles. The SMILES string of the molecule is Cc1cc(S(=O)(=O)N2CC[C@@H](O)C2)cc(C(=O)O)c1F. The fraction of sp³-hybridized carbons (Fsp3) is 0.417. The molecule has 6 nitrogen and oxygen atoms in total. The molecule has 8 heteroatoms. The maximum absolute atomic E-state index is 13.6. The van der Waals surface area contributed by atoms with Crippen molar-refractivity contribution < 1.29 is 27.8 Å². The number of nitrogens with zero attached hydrogens (tertiary/aromatic N) is 1. The van der Waals surface area contributed by atoms with Crippen LogP contribution in [0.1, 0.15) is 22.3 Å². The largest absolute Gasteiger partial charge is 0.478 e. The Kier molecular flexibility index (Phi) is 3.81. The van der Waals surface area contributed by atoms with Crippen LogP contribution < -0.4 is 0 Å². The number of halogens is 1. The van der Waals surface area contributed by atoms with Crippen molar-refractivity contribution in [2.45, 2.75) is 24.3 Å². The number of sulfonamides is 1. The van der Waals surface area contributed by atoms with Crippen molar-refractivity contribution in [3.63, 3.8) is 0 Å². The van der Waals surface area contributed by atoms with E-state index in [0.717, 1.165) is 16.4 Å². The summed E-state index contributed by atoms with van der Waals surface area (Å²) in [4.78, 5) is 10.7. The fourth-order valence-electron chi connectivity index (χ4n) is 2.12. The lowest BCUT2D eigenvalue weighted by atomic mass is 10.1. The summed E-state index contributed by atoms with van der Waals surface area (Å²) in [5.74, 6) is -2.47. The van der Waals surface area contributed by atoms with Gasteiger partial charge >= 0.3 is 5.97 Å². The van der Waals surface area contributed by atoms with Crippen LogP contribution in [0.3, 0.4) is 0 Å². The van der Waals surface area contributed by atoms with Gasteiger partial charge in [0.2, 0.25) is 10.0 Å². The molecule has 1 atom stereocenters. The molecule has 110 valence electrons. The molecule has 2 N–H and O–H groups in total. The molecule has 20 heavy (non-hydrogen) atoms. The minimum Gasteiger partial charge on any atom is -0.478 e. The van der Waals surface area contributed by atoms with Crippen molar-refractivity contribution in [2.24, 2.45) is 0 Å². The third-order valence-corrected chi connectivity index (χ3v) is 5.07. The van der Waals surface area contributed by atoms with Gasteiger partial charge in [0.15, 0.2) is 0 Å². The Morgan fingerprint density at radius 2 is 2.10 bits per heavy atom. The van der Waals surface area contributed by atoms with E-state index in [1.54, 1.807) is 0 Å². The van der Waals surface area contributed by atoms with Gasteiger partial charge in [0.25, 0.3) is 0 Å². The third-order valence-electron chi connectivity index (χ3n) is 3.22. The average molecular weight is 303 g/mol. The number of β-amino-alcohol motifs (C(OH)–C–C–N with tert-alkyl or cyclic N) is 1. The predicted octanol–water partition coefficient (Wildman–Crippen LogP) is 0.588. The van der Waals surface area contributed by atoms with E-state index in [0.29, 0.717) is 6.42 Å². The smallest absolute Gasteiger partial charge is 0.338 e. The van der Waals surface area contributed by atoms with Crippen molar-refractivity contribution >= 4 is 16.0 Å². The summed E-state index contributed by atoms with van der Waals surface area (Å²) < 4.78 is 39.3. The second-order valence-electron chi connectivity index (χ2n) is 4.71. The lowest BCUT2D eigenvalue weighted by molar-refractivity contribution is 0.0691. The normalized spacial score (nSPS) is 20.2. The van der Waals surface area contributed by atoms with E-state index in [-0.39, 0.29) is 23.5 Å². The fourth-order valence-corrected chi connectivity index (χ4v) is 3.72. The van der Waals surface area contributed by atoms with E-state index < -0.39 is 33.5 Å². The van der Waals surface area contributed by atoms with Crippen LogP contribution in [0.4, 0.5) is 4.39 Å². The number of carboxylic acids is 1. The monoisotopic (exact) mass is 303 g/mol. The van der Waals surface area contributed by atoms with E-state index in [9.17, 15) is 22.7 Å². The van der Waals surface area contributed by atoms with Gasteiger partial charge in [-0.3, -0.25) is 0 Å². The molecule has 0 saturated carbocycles. The predicted molar refractivity (Wildman–Crippen MR) is 67.5 cm³/mol. The zero-order valence-corrected chi connectivity index (χ0v) is 11.5. The van der Waals surface area contributed by atoms with Gasteiger partial charge in [-0.05, 0) is 31.0 Å². The van der Waals surface area contributed by atoms with E-state index in [1.807, 2.05) is 0 Å². The Balaban J connectivity index is 2.50. The number of aryl methyl sites for hydroxylation is 1. The molecular weight excluding hydrogens is 289 g/mol. The second-order valence-corrected chi connectivity index (χ2v) is 6.65. The highest BCUT2D eigenvalue weighted by Crippen LogP contribution is 2.25. The van der Waals surface area contributed by atoms with E-state index >= 15 is 0 Å². The standard InChI is InChI=1S/C12H14FNO5S/c1-7-4-9(5-10(11(7)13)12(16)17)20(18,19)14-3-2-8(15)6-14/h4-5,8,15H,2-3,6H2,1H3,(H,16,17)/t8-/m1/s1. The first-order valence-electron chi connectivity index (χ1n) is 5.95. The van der Waals surface area contributed by atoms with Gasteiger partial charge in [0.05, 0.1) is 16.6 Å². The van der Waals surface area contributed by atoms with E-state index in [1.165, 1.54) is 6.92 Å². The molecule has 0 bridgehead atoms. The number of carboxylic acid groups (broad SMARTS) is 1. The molecule has 1 aromatic carbocycles. The number of rotatable bonds is 3. The van der Waals surface area contributed by atoms with Gasteiger partial charge in [-0.15, -0.1) is 0 Å². The second kappa shape index (κ2) is 5.12. The van der Waals surface area contributed by atoms with Crippen molar-refractivity contribution in [1.82, 2.24) is 4.31 Å². The van der Waals surface area contributed by atoms with Crippen LogP contribution in [0.5, 0.6) is 0 Å². The van der Waals surface area contributed by atoms with Crippen molar-refractivity contribution in [3.05, 3.63) is 29.1 Å². The molecule has 1 aliphatic rings. The summed E-state index contributed by atoms with van der Waals surface area (Å²) >= 11 is 0. The number of aliphatic hydroxyl groups excluding tert-OH is 1. The highest BCUT2D eigenvalue weighted by atomic mass is 32.2. The average Bonchev–Trinajstić information content (AvgIpc) is 2.79. The first kappa shape index (κ1) is 14.9. The van der Waals surface area contributed by atoms with Crippen LogP contribution >= 0.6 is 0 Å². The van der Waals surface area contributed by atoms with Gasteiger partial charge in [-0.25, -0.2) is 17.6 Å². The van der Waals surface area contributed by atoms with E-state index in [4.69, 9.17) is 5.11 Å². The molecule has 0 radical (unpaired) electrons. The summed E-state index contributed by atoms with van der Waals surface area (Å²) in [6, 6.07) is 1.91. The van der Waals surface area contributed by atoms with Gasteiger partial charge in [0.1, 0.15) is 5.82 Å². The summed E-state index contributed by atoms with van der Waals surface area (Å²) in [5.41, 5.74) is -0.730. The molecular formula is C12H14FNO5S. The number of aromatic carboxylic acids is 1.